The summed E-state index contributed by atoms with van der Waals surface area (Å²) in [5.41, 5.74) is -0.383. The van der Waals surface area contributed by atoms with Crippen LogP contribution in [-0.4, -0.2) is 30.0 Å². The van der Waals surface area contributed by atoms with Crippen molar-refractivity contribution in [2.24, 2.45) is 0 Å². The Bertz CT molecular complexity index is 401. The van der Waals surface area contributed by atoms with E-state index in [4.69, 9.17) is 0 Å². The van der Waals surface area contributed by atoms with Crippen LogP contribution in [0.1, 0.15) is 32.1 Å². The average Bonchev–Trinajstić information content (AvgIpc) is 2.38. The first kappa shape index (κ1) is 18.4. The average molecular weight is 324 g/mol. The van der Waals surface area contributed by atoms with E-state index >= 15 is 0 Å². The van der Waals surface area contributed by atoms with E-state index in [1.54, 1.807) is 0 Å². The highest BCUT2D eigenvalue weighted by Crippen LogP contribution is 2.31. The summed E-state index contributed by atoms with van der Waals surface area (Å²) >= 11 is 0. The van der Waals surface area contributed by atoms with E-state index in [0.717, 1.165) is 18.6 Å². The van der Waals surface area contributed by atoms with E-state index in [1.807, 2.05) is 0 Å². The summed E-state index contributed by atoms with van der Waals surface area (Å²) in [4.78, 5) is 1.38. The Hall–Kier alpha value is -0.685. The first-order chi connectivity index (χ1) is 9.70. The minimum Gasteiger partial charge on any atom is -0.418 e. The van der Waals surface area contributed by atoms with Crippen molar-refractivity contribution in [3.05, 3.63) is 30.3 Å². The molecule has 1 unspecified atom stereocenters. The third-order valence-corrected chi connectivity index (χ3v) is 5.46. The molecule has 1 aliphatic carbocycles. The van der Waals surface area contributed by atoms with Gasteiger partial charge in [0.25, 0.3) is 0 Å². The molecule has 0 radical (unpaired) electrons. The molecule has 1 N–H and O–H groups in total. The van der Waals surface area contributed by atoms with Crippen molar-refractivity contribution >= 4 is 18.1 Å². The lowest BCUT2D eigenvalue weighted by Crippen LogP contribution is -2.38. The molecule has 0 spiro atoms. The zero-order chi connectivity index (χ0) is 15.9. The van der Waals surface area contributed by atoms with Gasteiger partial charge in [0.1, 0.15) is 17.6 Å². The number of aliphatic hydroxyl groups is 1. The third-order valence-electron chi connectivity index (χ3n) is 3.42. The van der Waals surface area contributed by atoms with Gasteiger partial charge in [-0.2, -0.15) is 0 Å². The van der Waals surface area contributed by atoms with Crippen LogP contribution in [-0.2, 0) is 10.9 Å². The lowest BCUT2D eigenvalue weighted by atomic mass is 9.86. The normalized spacial score (nSPS) is 19.3. The Morgan fingerprint density at radius 1 is 1.05 bits per heavy atom. The molecule has 1 saturated carbocycles. The quantitative estimate of drug-likeness (QED) is 0.500. The minimum atomic E-state index is -6.00. The molecule has 1 atom stereocenters. The van der Waals surface area contributed by atoms with Crippen LogP contribution in [0.2, 0.25) is 0 Å². The smallest absolute Gasteiger partial charge is 0.418 e. The monoisotopic (exact) mass is 324 g/mol. The number of benzene rings is 1. The van der Waals surface area contributed by atoms with E-state index < -0.39 is 7.25 Å². The first-order valence-electron chi connectivity index (χ1n) is 6.97. The van der Waals surface area contributed by atoms with Crippen LogP contribution in [0.25, 0.3) is 0 Å². The van der Waals surface area contributed by atoms with Gasteiger partial charge in [0.05, 0.1) is 0 Å². The zero-order valence-corrected chi connectivity index (χ0v) is 12.9. The van der Waals surface area contributed by atoms with Gasteiger partial charge in [0.15, 0.2) is 4.90 Å². The fraction of sp³-hybridized carbons (Fsp3) is 0.571. The second kappa shape index (κ2) is 8.08. The largest absolute Gasteiger partial charge is 0.673 e. The van der Waals surface area contributed by atoms with Crippen molar-refractivity contribution < 1.29 is 22.4 Å². The lowest BCUT2D eigenvalue weighted by molar-refractivity contribution is 0.0267. The molecule has 1 aliphatic rings. The minimum absolute atomic E-state index is 0.180. The highest BCUT2D eigenvalue weighted by atomic mass is 32.2. The Morgan fingerprint density at radius 2 is 1.52 bits per heavy atom. The van der Waals surface area contributed by atoms with E-state index in [-0.39, 0.29) is 16.5 Å². The van der Waals surface area contributed by atoms with Gasteiger partial charge < -0.3 is 22.4 Å². The highest BCUT2D eigenvalue weighted by Gasteiger charge is 2.36. The fourth-order valence-electron chi connectivity index (χ4n) is 2.49. The highest BCUT2D eigenvalue weighted by molar-refractivity contribution is 7.96. The Labute approximate surface area is 126 Å². The summed E-state index contributed by atoms with van der Waals surface area (Å²) in [6.45, 7) is 0. The van der Waals surface area contributed by atoms with Crippen LogP contribution >= 0.6 is 0 Å². The number of hydrogen-bond donors (Lipinski definition) is 1. The molecule has 1 aromatic carbocycles. The van der Waals surface area contributed by atoms with Crippen molar-refractivity contribution in [2.75, 3.05) is 12.0 Å². The number of halogens is 4. The molecule has 2 rings (SSSR count). The summed E-state index contributed by atoms with van der Waals surface area (Å²) in [7, 11) is -5.82. The first-order valence-corrected chi connectivity index (χ1v) is 8.77. The zero-order valence-electron chi connectivity index (χ0n) is 12.1. The molecule has 1 aromatic rings. The predicted octanol–water partition coefficient (Wildman–Crippen LogP) is 4.29. The molecule has 1 fully saturated rings. The lowest BCUT2D eigenvalue weighted by Gasteiger charge is -2.30. The van der Waals surface area contributed by atoms with Crippen LogP contribution in [0.15, 0.2) is 35.2 Å². The maximum Gasteiger partial charge on any atom is 0.673 e. The third kappa shape index (κ3) is 8.36. The summed E-state index contributed by atoms with van der Waals surface area (Å²) < 4.78 is 39.0. The van der Waals surface area contributed by atoms with E-state index in [2.05, 4.69) is 36.6 Å². The van der Waals surface area contributed by atoms with Gasteiger partial charge in [-0.25, -0.2) is 0 Å². The summed E-state index contributed by atoms with van der Waals surface area (Å²) in [5, 5.41) is 10.5. The van der Waals surface area contributed by atoms with Crippen molar-refractivity contribution in [1.82, 2.24) is 0 Å². The second-order valence-electron chi connectivity index (χ2n) is 5.37. The molecule has 1 nitrogen and oxygen atoms in total. The van der Waals surface area contributed by atoms with Crippen LogP contribution in [0.3, 0.4) is 0 Å². The maximum atomic E-state index is 10.5. The SMILES string of the molecule is C[S+](CC1(O)CCCCC1)c1ccccc1.F[B-](F)(F)F. The maximum absolute atomic E-state index is 10.5. The Balaban J connectivity index is 0.000000383. The topological polar surface area (TPSA) is 20.2 Å². The van der Waals surface area contributed by atoms with Gasteiger partial charge >= 0.3 is 7.25 Å². The molecule has 0 bridgehead atoms. The van der Waals surface area contributed by atoms with Crippen molar-refractivity contribution in [2.45, 2.75) is 42.6 Å². The summed E-state index contributed by atoms with van der Waals surface area (Å²) in [6, 6.07) is 10.6. The van der Waals surface area contributed by atoms with E-state index in [1.165, 1.54) is 24.2 Å². The molecule has 21 heavy (non-hydrogen) atoms. The van der Waals surface area contributed by atoms with Gasteiger partial charge in [-0.15, -0.1) is 0 Å². The second-order valence-corrected chi connectivity index (χ2v) is 7.41. The van der Waals surface area contributed by atoms with Crippen molar-refractivity contribution in [1.29, 1.82) is 0 Å². The molecular formula is C14H21BF4OS. The standard InChI is InChI=1S/C14H21OS.BF4/c1-16(13-8-4-2-5-9-13)12-14(15)10-6-3-7-11-14;2-1(3,4)5/h2,4-5,8-9,15H,3,6-7,10-12H2,1H3;/q+1;-1. The van der Waals surface area contributed by atoms with E-state index in [0.29, 0.717) is 0 Å². The van der Waals surface area contributed by atoms with Gasteiger partial charge in [-0.3, -0.25) is 0 Å². The van der Waals surface area contributed by atoms with Crippen molar-refractivity contribution in [3.63, 3.8) is 0 Å². The molecule has 0 aromatic heterocycles. The fourth-order valence-corrected chi connectivity index (χ4v) is 4.38. The van der Waals surface area contributed by atoms with Gasteiger partial charge in [-0.05, 0) is 25.0 Å². The Kier molecular flexibility index (Phi) is 7.07. The number of rotatable bonds is 3. The molecule has 0 aliphatic heterocycles. The molecule has 0 saturated heterocycles. The molecular weight excluding hydrogens is 303 g/mol. The molecule has 0 amide bonds. The summed E-state index contributed by atoms with van der Waals surface area (Å²) in [5.74, 6) is 0.941. The van der Waals surface area contributed by atoms with Gasteiger partial charge in [-0.1, -0.05) is 37.5 Å². The molecule has 120 valence electrons. The Morgan fingerprint density at radius 3 is 2.00 bits per heavy atom. The molecule has 7 heteroatoms. The van der Waals surface area contributed by atoms with Crippen LogP contribution in [0.5, 0.6) is 0 Å². The van der Waals surface area contributed by atoms with Crippen molar-refractivity contribution in [3.8, 4) is 0 Å². The van der Waals surface area contributed by atoms with Crippen LogP contribution < -0.4 is 0 Å². The number of hydrogen-bond acceptors (Lipinski definition) is 1. The van der Waals surface area contributed by atoms with Gasteiger partial charge in [0, 0.05) is 10.9 Å². The molecule has 0 heterocycles. The van der Waals surface area contributed by atoms with Crippen LogP contribution in [0, 0.1) is 0 Å². The van der Waals surface area contributed by atoms with E-state index in [9.17, 15) is 22.4 Å². The van der Waals surface area contributed by atoms with Gasteiger partial charge in [0.2, 0.25) is 0 Å². The summed E-state index contributed by atoms with van der Waals surface area (Å²) in [6.07, 6.45) is 7.94. The predicted molar refractivity (Wildman–Crippen MR) is 81.1 cm³/mol. The van der Waals surface area contributed by atoms with Crippen LogP contribution in [0.4, 0.5) is 17.3 Å².